The van der Waals surface area contributed by atoms with Crippen molar-refractivity contribution in [1.82, 2.24) is 10.2 Å². The molecule has 2 aromatic rings. The Morgan fingerprint density at radius 1 is 1.24 bits per heavy atom. The molecule has 1 aromatic carbocycles. The van der Waals surface area contributed by atoms with E-state index in [1.54, 1.807) is 11.3 Å². The summed E-state index contributed by atoms with van der Waals surface area (Å²) in [5, 5.41) is 5.13. The Morgan fingerprint density at radius 2 is 2.00 bits per heavy atom. The SMILES string of the molecule is CCNC(=O)[C@]1(Cc2ccc(-c3cccs3)cc2)CCCN(C(=O)[C@@H]2C[C@@H]2C)C1. The molecule has 3 atom stereocenters. The van der Waals surface area contributed by atoms with Gasteiger partial charge >= 0.3 is 0 Å². The van der Waals surface area contributed by atoms with E-state index >= 15 is 0 Å². The maximum atomic E-state index is 13.1. The Hall–Kier alpha value is -2.14. The van der Waals surface area contributed by atoms with Crippen LogP contribution in [0.1, 0.15) is 38.7 Å². The molecule has 29 heavy (non-hydrogen) atoms. The van der Waals surface area contributed by atoms with E-state index in [0.29, 0.717) is 25.4 Å². The van der Waals surface area contributed by atoms with Gasteiger partial charge < -0.3 is 10.2 Å². The Morgan fingerprint density at radius 3 is 2.62 bits per heavy atom. The van der Waals surface area contributed by atoms with Crippen molar-refractivity contribution in [3.8, 4) is 10.4 Å². The molecule has 1 aromatic heterocycles. The fourth-order valence-corrected chi connectivity index (χ4v) is 5.33. The Labute approximate surface area is 177 Å². The summed E-state index contributed by atoms with van der Waals surface area (Å²) in [6.07, 6.45) is 3.38. The highest BCUT2D eigenvalue weighted by Gasteiger charge is 2.47. The van der Waals surface area contributed by atoms with Crippen LogP contribution in [0.15, 0.2) is 41.8 Å². The molecule has 1 aliphatic carbocycles. The first-order chi connectivity index (χ1) is 14.0. The van der Waals surface area contributed by atoms with Gasteiger partial charge in [-0.3, -0.25) is 9.59 Å². The van der Waals surface area contributed by atoms with Crippen LogP contribution in [-0.2, 0) is 16.0 Å². The summed E-state index contributed by atoms with van der Waals surface area (Å²) in [6, 6.07) is 12.7. The van der Waals surface area contributed by atoms with Gasteiger partial charge in [-0.05, 0) is 61.1 Å². The minimum absolute atomic E-state index is 0.0867. The lowest BCUT2D eigenvalue weighted by molar-refractivity contribution is -0.142. The normalized spacial score (nSPS) is 26.2. The smallest absolute Gasteiger partial charge is 0.228 e. The van der Waals surface area contributed by atoms with E-state index in [1.807, 2.05) is 11.8 Å². The molecule has 2 amide bonds. The number of amides is 2. The largest absolute Gasteiger partial charge is 0.356 e. The van der Waals surface area contributed by atoms with Gasteiger partial charge in [0.1, 0.15) is 0 Å². The van der Waals surface area contributed by atoms with Crippen molar-refractivity contribution in [2.24, 2.45) is 17.3 Å². The van der Waals surface area contributed by atoms with Crippen LogP contribution in [-0.4, -0.2) is 36.3 Å². The molecule has 2 fully saturated rings. The number of carbonyl (C=O) groups is 2. The van der Waals surface area contributed by atoms with Crippen LogP contribution in [0.3, 0.4) is 0 Å². The maximum absolute atomic E-state index is 13.1. The zero-order chi connectivity index (χ0) is 20.4. The number of thiophene rings is 1. The predicted octanol–water partition coefficient (Wildman–Crippen LogP) is 4.36. The molecule has 0 unspecified atom stereocenters. The highest BCUT2D eigenvalue weighted by atomic mass is 32.1. The molecule has 4 nitrogen and oxygen atoms in total. The molecule has 0 radical (unpaired) electrons. The number of nitrogens with one attached hydrogen (secondary N) is 1. The van der Waals surface area contributed by atoms with Crippen molar-refractivity contribution in [3.63, 3.8) is 0 Å². The van der Waals surface area contributed by atoms with E-state index in [0.717, 1.165) is 31.4 Å². The van der Waals surface area contributed by atoms with Crippen LogP contribution < -0.4 is 5.32 Å². The summed E-state index contributed by atoms with van der Waals surface area (Å²) in [4.78, 5) is 29.2. The van der Waals surface area contributed by atoms with Gasteiger partial charge in [-0.1, -0.05) is 37.3 Å². The second-order valence-corrected chi connectivity index (χ2v) is 9.62. The van der Waals surface area contributed by atoms with E-state index < -0.39 is 5.41 Å². The summed E-state index contributed by atoms with van der Waals surface area (Å²) in [7, 11) is 0. The monoisotopic (exact) mass is 410 g/mol. The lowest BCUT2D eigenvalue weighted by Gasteiger charge is -2.42. The molecule has 1 saturated heterocycles. The van der Waals surface area contributed by atoms with Crippen molar-refractivity contribution in [1.29, 1.82) is 0 Å². The molecule has 1 N–H and O–H groups in total. The fraction of sp³-hybridized carbons (Fsp3) is 0.500. The molecule has 2 heterocycles. The van der Waals surface area contributed by atoms with Gasteiger partial charge in [-0.15, -0.1) is 11.3 Å². The van der Waals surface area contributed by atoms with Crippen LogP contribution in [0.5, 0.6) is 0 Å². The average molecular weight is 411 g/mol. The zero-order valence-corrected chi connectivity index (χ0v) is 18.1. The minimum Gasteiger partial charge on any atom is -0.356 e. The standard InChI is InChI=1S/C24H30N2O2S/c1-3-25-23(28)24(11-5-12-26(16-24)22(27)20-14-17(20)2)15-18-7-9-19(10-8-18)21-6-4-13-29-21/h4,6-10,13,17,20H,3,5,11-12,14-16H2,1-2H3,(H,25,28)/t17-,20+,24-/m0/s1. The van der Waals surface area contributed by atoms with Gasteiger partial charge in [-0.25, -0.2) is 0 Å². The Kier molecular flexibility index (Phi) is 5.77. The van der Waals surface area contributed by atoms with Crippen molar-refractivity contribution >= 4 is 23.2 Å². The number of piperidine rings is 1. The number of nitrogens with zero attached hydrogens (tertiary/aromatic N) is 1. The summed E-state index contributed by atoms with van der Waals surface area (Å²) in [5.74, 6) is 1.00. The van der Waals surface area contributed by atoms with E-state index in [4.69, 9.17) is 0 Å². The molecule has 0 spiro atoms. The van der Waals surface area contributed by atoms with Gasteiger partial charge in [0.15, 0.2) is 0 Å². The van der Waals surface area contributed by atoms with Crippen molar-refractivity contribution < 1.29 is 9.59 Å². The molecular formula is C24H30N2O2S. The van der Waals surface area contributed by atoms with Crippen LogP contribution >= 0.6 is 11.3 Å². The molecule has 2 aliphatic rings. The lowest BCUT2D eigenvalue weighted by Crippen LogP contribution is -2.54. The quantitative estimate of drug-likeness (QED) is 0.769. The number of benzene rings is 1. The number of hydrogen-bond acceptors (Lipinski definition) is 3. The first kappa shape index (κ1) is 20.1. The second kappa shape index (κ2) is 8.31. The van der Waals surface area contributed by atoms with Crippen LogP contribution in [0.25, 0.3) is 10.4 Å². The number of rotatable bonds is 6. The van der Waals surface area contributed by atoms with Crippen molar-refractivity contribution in [2.45, 2.75) is 39.5 Å². The summed E-state index contributed by atoms with van der Waals surface area (Å²) >= 11 is 1.73. The molecule has 1 saturated carbocycles. The van der Waals surface area contributed by atoms with Gasteiger partial charge in [0.2, 0.25) is 11.8 Å². The molecule has 5 heteroatoms. The molecule has 1 aliphatic heterocycles. The second-order valence-electron chi connectivity index (χ2n) is 8.67. The highest BCUT2D eigenvalue weighted by Crippen LogP contribution is 2.42. The third kappa shape index (κ3) is 4.25. The topological polar surface area (TPSA) is 49.4 Å². The van der Waals surface area contributed by atoms with E-state index in [9.17, 15) is 9.59 Å². The third-order valence-corrected chi connectivity index (χ3v) is 7.36. The zero-order valence-electron chi connectivity index (χ0n) is 17.3. The molecule has 4 rings (SSSR count). The Bertz CT molecular complexity index is 862. The summed E-state index contributed by atoms with van der Waals surface area (Å²) < 4.78 is 0. The Balaban J connectivity index is 1.54. The van der Waals surface area contributed by atoms with Gasteiger partial charge in [-0.2, -0.15) is 0 Å². The lowest BCUT2D eigenvalue weighted by atomic mass is 9.74. The molecule has 154 valence electrons. The number of carbonyl (C=O) groups excluding carboxylic acids is 2. The average Bonchev–Trinajstić information content (AvgIpc) is 3.22. The first-order valence-electron chi connectivity index (χ1n) is 10.7. The highest BCUT2D eigenvalue weighted by molar-refractivity contribution is 7.13. The van der Waals surface area contributed by atoms with Crippen LogP contribution in [0, 0.1) is 17.3 Å². The predicted molar refractivity (Wildman–Crippen MR) is 118 cm³/mol. The number of hydrogen-bond donors (Lipinski definition) is 1. The van der Waals surface area contributed by atoms with Crippen LogP contribution in [0.4, 0.5) is 0 Å². The maximum Gasteiger partial charge on any atom is 0.228 e. The molecule has 0 bridgehead atoms. The molecular weight excluding hydrogens is 380 g/mol. The summed E-state index contributed by atoms with van der Waals surface area (Å²) in [6.45, 7) is 6.03. The first-order valence-corrected chi connectivity index (χ1v) is 11.6. The fourth-order valence-electron chi connectivity index (χ4n) is 4.60. The number of likely N-dealkylation sites (tertiary alicyclic amines) is 1. The van der Waals surface area contributed by atoms with Crippen LogP contribution in [0.2, 0.25) is 0 Å². The van der Waals surface area contributed by atoms with Gasteiger partial charge in [0.25, 0.3) is 0 Å². The van der Waals surface area contributed by atoms with Gasteiger partial charge in [0.05, 0.1) is 5.41 Å². The van der Waals surface area contributed by atoms with E-state index in [2.05, 4.69) is 54.0 Å². The van der Waals surface area contributed by atoms with E-state index in [-0.39, 0.29) is 17.7 Å². The van der Waals surface area contributed by atoms with Gasteiger partial charge in [0, 0.05) is 30.4 Å². The summed E-state index contributed by atoms with van der Waals surface area (Å²) in [5.41, 5.74) is 1.83. The van der Waals surface area contributed by atoms with E-state index in [1.165, 1.54) is 10.4 Å². The van der Waals surface area contributed by atoms with Crippen molar-refractivity contribution in [2.75, 3.05) is 19.6 Å². The van der Waals surface area contributed by atoms with Crippen molar-refractivity contribution in [3.05, 3.63) is 47.3 Å². The minimum atomic E-state index is -0.535. The third-order valence-electron chi connectivity index (χ3n) is 6.44.